The van der Waals surface area contributed by atoms with Crippen molar-refractivity contribution in [3.05, 3.63) is 48.0 Å². The maximum atomic E-state index is 12.3. The molecule has 0 aliphatic rings. The molecule has 3 rings (SSSR count). The molecule has 0 unspecified atom stereocenters. The van der Waals surface area contributed by atoms with E-state index in [0.29, 0.717) is 30.7 Å². The van der Waals surface area contributed by atoms with Gasteiger partial charge in [-0.25, -0.2) is 12.7 Å². The fourth-order valence-corrected chi connectivity index (χ4v) is 3.37. The summed E-state index contributed by atoms with van der Waals surface area (Å²) in [6.07, 6.45) is 0.644. The van der Waals surface area contributed by atoms with Gasteiger partial charge in [0.05, 0.1) is 11.5 Å². The Morgan fingerprint density at radius 2 is 1.93 bits per heavy atom. The van der Waals surface area contributed by atoms with Crippen molar-refractivity contribution in [1.29, 1.82) is 0 Å². The van der Waals surface area contributed by atoms with Gasteiger partial charge in [0.15, 0.2) is 0 Å². The van der Waals surface area contributed by atoms with E-state index in [1.54, 1.807) is 6.07 Å². The maximum Gasteiger partial charge on any atom is 0.242 e. The fourth-order valence-electron chi connectivity index (χ4n) is 2.45. The first-order valence-corrected chi connectivity index (χ1v) is 9.93. The van der Waals surface area contributed by atoms with Gasteiger partial charge in [-0.15, -0.1) is 5.10 Å². The first-order valence-electron chi connectivity index (χ1n) is 8.49. The van der Waals surface area contributed by atoms with Gasteiger partial charge in [-0.05, 0) is 48.0 Å². The number of hydrogen-bond acceptors (Lipinski definition) is 6. The van der Waals surface area contributed by atoms with Crippen LogP contribution in [0.5, 0.6) is 5.75 Å². The largest absolute Gasteiger partial charge is 0.493 e. The first kappa shape index (κ1) is 19.1. The molecule has 0 amide bonds. The first-order chi connectivity index (χ1) is 12.9. The van der Waals surface area contributed by atoms with Crippen molar-refractivity contribution < 1.29 is 18.0 Å². The van der Waals surface area contributed by atoms with Gasteiger partial charge in [-0.2, -0.15) is 0 Å². The summed E-state index contributed by atoms with van der Waals surface area (Å²) in [4.78, 5) is 7.01. The van der Waals surface area contributed by atoms with Crippen LogP contribution in [0.2, 0.25) is 0 Å². The molecular weight excluding hydrogens is 368 g/mol. The summed E-state index contributed by atoms with van der Waals surface area (Å²) >= 11 is 0. The SMILES string of the molecule is Cc1cccc(OCCCOn2nnc3ccc(S(=O)(=O)N(C)C)cc32)c1. The summed E-state index contributed by atoms with van der Waals surface area (Å²) in [6.45, 7) is 2.86. The van der Waals surface area contributed by atoms with Crippen molar-refractivity contribution in [3.63, 3.8) is 0 Å². The van der Waals surface area contributed by atoms with Crippen molar-refractivity contribution in [1.82, 2.24) is 19.5 Å². The Morgan fingerprint density at radius 1 is 1.11 bits per heavy atom. The molecule has 0 fully saturated rings. The summed E-state index contributed by atoms with van der Waals surface area (Å²) in [7, 11) is -0.566. The quantitative estimate of drug-likeness (QED) is 0.546. The average Bonchev–Trinajstić information content (AvgIpc) is 3.04. The zero-order valence-electron chi connectivity index (χ0n) is 15.5. The van der Waals surface area contributed by atoms with Gasteiger partial charge < -0.3 is 9.57 Å². The number of aryl methyl sites for hydroxylation is 1. The second-order valence-electron chi connectivity index (χ2n) is 6.25. The van der Waals surface area contributed by atoms with Crippen LogP contribution < -0.4 is 9.57 Å². The van der Waals surface area contributed by atoms with Gasteiger partial charge in [0.1, 0.15) is 23.4 Å². The number of sulfonamides is 1. The number of fused-ring (bicyclic) bond motifs is 1. The number of aromatic nitrogens is 3. The van der Waals surface area contributed by atoms with Crippen LogP contribution in [-0.4, -0.2) is 55.2 Å². The number of nitrogens with zero attached hydrogens (tertiary/aromatic N) is 4. The third-order valence-electron chi connectivity index (χ3n) is 3.93. The number of hydrogen-bond donors (Lipinski definition) is 0. The minimum Gasteiger partial charge on any atom is -0.493 e. The smallest absolute Gasteiger partial charge is 0.242 e. The van der Waals surface area contributed by atoms with Gasteiger partial charge in [-0.3, -0.25) is 0 Å². The van der Waals surface area contributed by atoms with Gasteiger partial charge >= 0.3 is 0 Å². The molecule has 0 aliphatic carbocycles. The topological polar surface area (TPSA) is 86.5 Å². The third-order valence-corrected chi connectivity index (χ3v) is 5.74. The molecule has 1 aromatic heterocycles. The van der Waals surface area contributed by atoms with Crippen molar-refractivity contribution in [3.8, 4) is 5.75 Å². The Labute approximate surface area is 158 Å². The summed E-state index contributed by atoms with van der Waals surface area (Å²) in [6, 6.07) is 12.5. The highest BCUT2D eigenvalue weighted by Gasteiger charge is 2.19. The predicted molar refractivity (Wildman–Crippen MR) is 101 cm³/mol. The van der Waals surface area contributed by atoms with E-state index in [1.807, 2.05) is 31.2 Å². The lowest BCUT2D eigenvalue weighted by Gasteiger charge is -2.11. The standard InChI is InChI=1S/C18H22N4O4S/c1-14-6-4-7-15(12-14)25-10-5-11-26-22-18-13-16(27(23,24)21(2)3)8-9-17(18)19-20-22/h4,6-9,12-13H,5,10-11H2,1-3H3. The number of rotatable bonds is 8. The Balaban J connectivity index is 1.62. The Kier molecular flexibility index (Phi) is 5.62. The van der Waals surface area contributed by atoms with Crippen LogP contribution in [0.4, 0.5) is 0 Å². The lowest BCUT2D eigenvalue weighted by molar-refractivity contribution is 0.0779. The second kappa shape index (κ2) is 7.93. The molecule has 27 heavy (non-hydrogen) atoms. The zero-order chi connectivity index (χ0) is 19.4. The summed E-state index contributed by atoms with van der Waals surface area (Å²) in [5, 5.41) is 7.92. The van der Waals surface area contributed by atoms with Crippen LogP contribution in [-0.2, 0) is 10.0 Å². The Hall–Kier alpha value is -2.65. The highest BCUT2D eigenvalue weighted by molar-refractivity contribution is 7.89. The molecule has 2 aromatic carbocycles. The monoisotopic (exact) mass is 390 g/mol. The van der Waals surface area contributed by atoms with Crippen LogP contribution in [0.25, 0.3) is 11.0 Å². The molecule has 0 N–H and O–H groups in total. The van der Waals surface area contributed by atoms with Gasteiger partial charge in [0.25, 0.3) is 0 Å². The van der Waals surface area contributed by atoms with E-state index in [9.17, 15) is 8.42 Å². The summed E-state index contributed by atoms with van der Waals surface area (Å²) in [5.74, 6) is 0.819. The van der Waals surface area contributed by atoms with Gasteiger partial charge in [0, 0.05) is 20.5 Å². The van der Waals surface area contributed by atoms with E-state index in [0.717, 1.165) is 15.6 Å². The lowest BCUT2D eigenvalue weighted by atomic mass is 10.2. The van der Waals surface area contributed by atoms with Gasteiger partial charge in [-0.1, -0.05) is 17.0 Å². The minimum absolute atomic E-state index is 0.162. The second-order valence-corrected chi connectivity index (χ2v) is 8.40. The third kappa shape index (κ3) is 4.37. The van der Waals surface area contributed by atoms with E-state index in [-0.39, 0.29) is 4.90 Å². The van der Waals surface area contributed by atoms with Crippen molar-refractivity contribution in [2.24, 2.45) is 0 Å². The maximum absolute atomic E-state index is 12.3. The molecule has 1 heterocycles. The zero-order valence-corrected chi connectivity index (χ0v) is 16.3. The molecule has 144 valence electrons. The van der Waals surface area contributed by atoms with Crippen LogP contribution in [0.1, 0.15) is 12.0 Å². The molecule has 8 nitrogen and oxygen atoms in total. The highest BCUT2D eigenvalue weighted by atomic mass is 32.2. The Morgan fingerprint density at radius 3 is 2.67 bits per heavy atom. The molecule has 0 aliphatic heterocycles. The predicted octanol–water partition coefficient (Wildman–Crippen LogP) is 1.89. The average molecular weight is 390 g/mol. The molecule has 0 radical (unpaired) electrons. The normalized spacial score (nSPS) is 11.9. The van der Waals surface area contributed by atoms with Gasteiger partial charge in [0.2, 0.25) is 10.0 Å². The van der Waals surface area contributed by atoms with Crippen molar-refractivity contribution in [2.45, 2.75) is 18.2 Å². The Bertz CT molecular complexity index is 1030. The van der Waals surface area contributed by atoms with Crippen LogP contribution in [0.15, 0.2) is 47.4 Å². The van der Waals surface area contributed by atoms with E-state index < -0.39 is 10.0 Å². The van der Waals surface area contributed by atoms with E-state index >= 15 is 0 Å². The molecule has 0 atom stereocenters. The minimum atomic E-state index is -3.54. The van der Waals surface area contributed by atoms with Crippen molar-refractivity contribution in [2.75, 3.05) is 27.3 Å². The van der Waals surface area contributed by atoms with E-state index in [4.69, 9.17) is 9.57 Å². The van der Waals surface area contributed by atoms with Crippen LogP contribution in [0.3, 0.4) is 0 Å². The molecular formula is C18H22N4O4S. The van der Waals surface area contributed by atoms with E-state index in [2.05, 4.69) is 10.3 Å². The number of benzene rings is 2. The highest BCUT2D eigenvalue weighted by Crippen LogP contribution is 2.19. The van der Waals surface area contributed by atoms with Crippen LogP contribution in [0, 0.1) is 6.92 Å². The van der Waals surface area contributed by atoms with E-state index in [1.165, 1.54) is 31.1 Å². The molecule has 0 saturated carbocycles. The molecule has 3 aromatic rings. The molecule has 0 bridgehead atoms. The summed E-state index contributed by atoms with van der Waals surface area (Å²) in [5.41, 5.74) is 2.20. The molecule has 0 spiro atoms. The summed E-state index contributed by atoms with van der Waals surface area (Å²) < 4.78 is 31.4. The van der Waals surface area contributed by atoms with Crippen LogP contribution >= 0.6 is 0 Å². The lowest BCUT2D eigenvalue weighted by Crippen LogP contribution is -2.22. The van der Waals surface area contributed by atoms with Crippen molar-refractivity contribution >= 4 is 21.1 Å². The molecule has 0 saturated heterocycles. The molecule has 9 heteroatoms. The fraction of sp³-hybridized carbons (Fsp3) is 0.333. The number of ether oxygens (including phenoxy) is 1.